The van der Waals surface area contributed by atoms with Crippen LogP contribution >= 0.6 is 0 Å². The molecule has 0 spiro atoms. The van der Waals surface area contributed by atoms with Crippen molar-refractivity contribution in [1.82, 2.24) is 10.2 Å². The molecule has 1 N–H and O–H groups in total. The summed E-state index contributed by atoms with van der Waals surface area (Å²) in [6.45, 7) is 2.14. The van der Waals surface area contributed by atoms with Crippen LogP contribution in [0.25, 0.3) is 0 Å². The smallest absolute Gasteiger partial charge is 0.233 e. The van der Waals surface area contributed by atoms with E-state index in [2.05, 4.69) is 17.5 Å². The molecule has 2 heterocycles. The second-order valence-electron chi connectivity index (χ2n) is 8.68. The van der Waals surface area contributed by atoms with E-state index in [1.165, 1.54) is 4.90 Å². The fourth-order valence-corrected chi connectivity index (χ4v) is 6.14. The minimum atomic E-state index is -0.0724. The van der Waals surface area contributed by atoms with Crippen LogP contribution < -0.4 is 14.8 Å². The fourth-order valence-electron chi connectivity index (χ4n) is 6.14. The summed E-state index contributed by atoms with van der Waals surface area (Å²) in [5.41, 5.74) is 0. The predicted molar refractivity (Wildman–Crippen MR) is 101 cm³/mol. The Labute approximate surface area is 163 Å². The molecule has 6 nitrogen and oxygen atoms in total. The molecule has 28 heavy (non-hydrogen) atoms. The van der Waals surface area contributed by atoms with Crippen molar-refractivity contribution in [3.8, 4) is 11.5 Å². The van der Waals surface area contributed by atoms with Crippen LogP contribution in [-0.4, -0.2) is 49.1 Å². The van der Waals surface area contributed by atoms with E-state index in [4.69, 9.17) is 9.47 Å². The van der Waals surface area contributed by atoms with Gasteiger partial charge < -0.3 is 14.8 Å². The summed E-state index contributed by atoms with van der Waals surface area (Å²) in [6.07, 6.45) is 5.48. The normalized spacial score (nSPS) is 39.1. The largest absolute Gasteiger partial charge is 0.486 e. The van der Waals surface area contributed by atoms with Gasteiger partial charge in [0.1, 0.15) is 12.7 Å². The zero-order valence-corrected chi connectivity index (χ0v) is 15.6. The lowest BCUT2D eigenvalue weighted by atomic mass is 9.64. The molecular formula is C22H24N2O4. The molecule has 1 unspecified atom stereocenters. The Hall–Kier alpha value is -2.34. The van der Waals surface area contributed by atoms with Crippen molar-refractivity contribution in [1.29, 1.82) is 0 Å². The van der Waals surface area contributed by atoms with E-state index in [0.717, 1.165) is 17.9 Å². The third-order valence-corrected chi connectivity index (χ3v) is 7.40. The molecule has 1 saturated heterocycles. The van der Waals surface area contributed by atoms with Crippen LogP contribution in [0.15, 0.2) is 36.4 Å². The van der Waals surface area contributed by atoms with Gasteiger partial charge in [-0.3, -0.25) is 14.5 Å². The Balaban J connectivity index is 1.03. The van der Waals surface area contributed by atoms with Crippen LogP contribution in [0, 0.1) is 35.5 Å². The lowest BCUT2D eigenvalue weighted by molar-refractivity contribution is -0.140. The highest BCUT2D eigenvalue weighted by Gasteiger charge is 2.67. The molecule has 3 fully saturated rings. The maximum Gasteiger partial charge on any atom is 0.233 e. The number of para-hydroxylation sites is 2. The molecule has 2 bridgehead atoms. The van der Waals surface area contributed by atoms with E-state index in [1.54, 1.807) is 0 Å². The SMILES string of the molecule is O=C1[C@@H]2[C@@H]3C[C@@H]([C@H]4C=C[C@H]43)[C@@H]2C(=O)N1CCNCC1COc2ccccc2O1. The van der Waals surface area contributed by atoms with Crippen molar-refractivity contribution >= 4 is 11.8 Å². The lowest BCUT2D eigenvalue weighted by Gasteiger charge is -2.38. The van der Waals surface area contributed by atoms with Crippen LogP contribution in [0.1, 0.15) is 6.42 Å². The predicted octanol–water partition coefficient (Wildman–Crippen LogP) is 1.47. The second kappa shape index (κ2) is 6.08. The monoisotopic (exact) mass is 380 g/mol. The van der Waals surface area contributed by atoms with Crippen molar-refractivity contribution in [2.75, 3.05) is 26.2 Å². The van der Waals surface area contributed by atoms with Gasteiger partial charge in [-0.15, -0.1) is 0 Å². The molecule has 6 rings (SSSR count). The fraction of sp³-hybridized carbons (Fsp3) is 0.545. The molecular weight excluding hydrogens is 356 g/mol. The standard InChI is InChI=1S/C22H24N2O4/c25-21-19-15-9-16(14-6-5-13(14)15)20(19)22(26)24(21)8-7-23-10-12-11-27-17-3-1-2-4-18(17)28-12/h1-6,12-16,19-20,23H,7-11H2/t12?,13-,14+,15-,16+,19-,20+. The molecule has 1 aromatic carbocycles. The Morgan fingerprint density at radius 3 is 2.36 bits per heavy atom. The van der Waals surface area contributed by atoms with E-state index in [-0.39, 0.29) is 29.8 Å². The first kappa shape index (κ1) is 16.6. The number of nitrogens with one attached hydrogen (secondary N) is 1. The molecule has 5 aliphatic rings. The third-order valence-electron chi connectivity index (χ3n) is 7.40. The maximum atomic E-state index is 12.9. The molecule has 1 aromatic rings. The van der Waals surface area contributed by atoms with Gasteiger partial charge in [0.25, 0.3) is 0 Å². The number of allylic oxidation sites excluding steroid dienone is 2. The zero-order chi connectivity index (χ0) is 18.8. The molecule has 0 aromatic heterocycles. The van der Waals surface area contributed by atoms with Crippen molar-refractivity contribution in [2.45, 2.75) is 12.5 Å². The highest BCUT2D eigenvalue weighted by atomic mass is 16.6. The molecule has 3 aliphatic carbocycles. The summed E-state index contributed by atoms with van der Waals surface area (Å²) in [7, 11) is 0. The number of ether oxygens (including phenoxy) is 2. The lowest BCUT2D eigenvalue weighted by Crippen LogP contribution is -2.43. The maximum absolute atomic E-state index is 12.9. The third kappa shape index (κ3) is 2.24. The van der Waals surface area contributed by atoms with E-state index in [1.807, 2.05) is 24.3 Å². The highest BCUT2D eigenvalue weighted by molar-refractivity contribution is 6.06. The van der Waals surface area contributed by atoms with Crippen LogP contribution in [0.2, 0.25) is 0 Å². The summed E-state index contributed by atoms with van der Waals surface area (Å²) in [6, 6.07) is 7.65. The molecule has 146 valence electrons. The number of amides is 2. The summed E-state index contributed by atoms with van der Waals surface area (Å²) >= 11 is 0. The number of benzene rings is 1. The van der Waals surface area contributed by atoms with Crippen molar-refractivity contribution in [3.05, 3.63) is 36.4 Å². The Kier molecular flexibility index (Phi) is 3.60. The van der Waals surface area contributed by atoms with Crippen LogP contribution in [0.4, 0.5) is 0 Å². The Bertz CT molecular complexity index is 832. The minimum absolute atomic E-state index is 0.0599. The number of rotatable bonds is 5. The average Bonchev–Trinajstić information content (AvgIpc) is 3.24. The first-order valence-corrected chi connectivity index (χ1v) is 10.3. The quantitative estimate of drug-likeness (QED) is 0.476. The van der Waals surface area contributed by atoms with Gasteiger partial charge in [-0.2, -0.15) is 0 Å². The number of hydrogen-bond acceptors (Lipinski definition) is 5. The molecule has 0 radical (unpaired) electrons. The van der Waals surface area contributed by atoms with Crippen molar-refractivity contribution < 1.29 is 19.1 Å². The molecule has 2 amide bonds. The van der Waals surface area contributed by atoms with Crippen LogP contribution in [0.5, 0.6) is 11.5 Å². The van der Waals surface area contributed by atoms with Gasteiger partial charge in [-0.05, 0) is 42.2 Å². The number of imide groups is 1. The second-order valence-corrected chi connectivity index (χ2v) is 8.68. The van der Waals surface area contributed by atoms with Crippen molar-refractivity contribution in [3.63, 3.8) is 0 Å². The summed E-state index contributed by atoms with van der Waals surface area (Å²) in [5, 5.41) is 3.32. The van der Waals surface area contributed by atoms with E-state index in [0.29, 0.717) is 49.9 Å². The number of carbonyl (C=O) groups is 2. The number of likely N-dealkylation sites (tertiary alicyclic amines) is 1. The molecule has 6 heteroatoms. The van der Waals surface area contributed by atoms with Gasteiger partial charge >= 0.3 is 0 Å². The summed E-state index contributed by atoms with van der Waals surface area (Å²) in [4.78, 5) is 27.3. The molecule has 2 aliphatic heterocycles. The zero-order valence-electron chi connectivity index (χ0n) is 15.6. The average molecular weight is 380 g/mol. The van der Waals surface area contributed by atoms with E-state index >= 15 is 0 Å². The topological polar surface area (TPSA) is 67.9 Å². The Morgan fingerprint density at radius 2 is 1.68 bits per heavy atom. The van der Waals surface area contributed by atoms with E-state index in [9.17, 15) is 9.59 Å². The number of carbonyl (C=O) groups excluding carboxylic acids is 2. The van der Waals surface area contributed by atoms with Crippen molar-refractivity contribution in [2.24, 2.45) is 35.5 Å². The Morgan fingerprint density at radius 1 is 1.00 bits per heavy atom. The molecule has 2 saturated carbocycles. The minimum Gasteiger partial charge on any atom is -0.486 e. The number of fused-ring (bicyclic) bond motifs is 9. The highest BCUT2D eigenvalue weighted by Crippen LogP contribution is 2.64. The van der Waals surface area contributed by atoms with Crippen LogP contribution in [0.3, 0.4) is 0 Å². The number of nitrogens with zero attached hydrogens (tertiary/aromatic N) is 1. The first-order chi connectivity index (χ1) is 13.7. The van der Waals surface area contributed by atoms with Gasteiger partial charge in [-0.25, -0.2) is 0 Å². The van der Waals surface area contributed by atoms with Crippen LogP contribution in [-0.2, 0) is 9.59 Å². The molecule has 7 atom stereocenters. The summed E-state index contributed by atoms with van der Waals surface area (Å²) < 4.78 is 11.6. The number of hydrogen-bond donors (Lipinski definition) is 1. The van der Waals surface area contributed by atoms with Gasteiger partial charge in [0.05, 0.1) is 11.8 Å². The summed E-state index contributed by atoms with van der Waals surface area (Å²) in [5.74, 6) is 3.43. The van der Waals surface area contributed by atoms with Gasteiger partial charge in [0.15, 0.2) is 11.5 Å². The van der Waals surface area contributed by atoms with Gasteiger partial charge in [0.2, 0.25) is 11.8 Å². The van der Waals surface area contributed by atoms with Gasteiger partial charge in [-0.1, -0.05) is 24.3 Å². The van der Waals surface area contributed by atoms with Gasteiger partial charge in [0, 0.05) is 19.6 Å². The first-order valence-electron chi connectivity index (χ1n) is 10.3. The van der Waals surface area contributed by atoms with E-state index < -0.39 is 0 Å².